The number of rotatable bonds is 6. The summed E-state index contributed by atoms with van der Waals surface area (Å²) >= 11 is 3.08. The van der Waals surface area contributed by atoms with Gasteiger partial charge in [-0.05, 0) is 59.3 Å². The number of hydrogen-bond donors (Lipinski definition) is 2. The van der Waals surface area contributed by atoms with E-state index in [-0.39, 0.29) is 27.2 Å². The third-order valence-electron chi connectivity index (χ3n) is 3.18. The number of esters is 1. The summed E-state index contributed by atoms with van der Waals surface area (Å²) in [4.78, 5) is 22.4. The molecule has 0 radical (unpaired) electrons. The summed E-state index contributed by atoms with van der Waals surface area (Å²) in [5.41, 5.74) is -0.625. The fourth-order valence-electron chi connectivity index (χ4n) is 2.02. The van der Waals surface area contributed by atoms with Crippen LogP contribution >= 0.6 is 15.9 Å². The molecule has 0 aliphatic rings. The molecule has 0 fully saturated rings. The number of ether oxygens (including phenoxy) is 1. The van der Waals surface area contributed by atoms with Crippen molar-refractivity contribution in [2.75, 3.05) is 11.3 Å². The topological polar surface area (TPSA) is 110 Å². The van der Waals surface area contributed by atoms with Gasteiger partial charge in [-0.1, -0.05) is 0 Å². The number of carboxylic acids is 1. The number of aromatic carboxylic acids is 1. The Bertz CT molecular complexity index is 977. The molecule has 0 atom stereocenters. The van der Waals surface area contributed by atoms with E-state index < -0.39 is 33.3 Å². The first-order valence-corrected chi connectivity index (χ1v) is 9.45. The molecule has 0 spiro atoms. The molecule has 0 bridgehead atoms. The standard InChI is InChI=1S/C16H13BrFNO6S/c1-2-25-16(22)9-3-6-14(12(17)7-9)26(23,24)19-10-4-5-13(18)11(8-10)15(20)21/h3-8,19H,2H2,1H3,(H,20,21). The van der Waals surface area contributed by atoms with Gasteiger partial charge < -0.3 is 9.84 Å². The van der Waals surface area contributed by atoms with Gasteiger partial charge >= 0.3 is 11.9 Å². The Hall–Kier alpha value is -2.46. The first kappa shape index (κ1) is 19.9. The summed E-state index contributed by atoms with van der Waals surface area (Å²) in [6.45, 7) is 1.82. The number of benzene rings is 2. The molecule has 0 amide bonds. The SMILES string of the molecule is CCOC(=O)c1ccc(S(=O)(=O)Nc2ccc(F)c(C(=O)O)c2)c(Br)c1. The second-order valence-electron chi connectivity index (χ2n) is 4.97. The Balaban J connectivity index is 2.35. The van der Waals surface area contributed by atoms with Gasteiger partial charge in [-0.2, -0.15) is 0 Å². The highest BCUT2D eigenvalue weighted by molar-refractivity contribution is 9.10. The normalized spacial score (nSPS) is 11.0. The van der Waals surface area contributed by atoms with E-state index in [0.29, 0.717) is 0 Å². The van der Waals surface area contributed by atoms with E-state index in [4.69, 9.17) is 9.84 Å². The fourth-order valence-corrected chi connectivity index (χ4v) is 4.15. The van der Waals surface area contributed by atoms with Crippen molar-refractivity contribution in [2.45, 2.75) is 11.8 Å². The van der Waals surface area contributed by atoms with Crippen LogP contribution in [0.2, 0.25) is 0 Å². The van der Waals surface area contributed by atoms with Crippen LogP contribution in [0.1, 0.15) is 27.6 Å². The highest BCUT2D eigenvalue weighted by Crippen LogP contribution is 2.26. The summed E-state index contributed by atoms with van der Waals surface area (Å²) < 4.78 is 45.5. The molecular formula is C16H13BrFNO6S. The maximum Gasteiger partial charge on any atom is 0.338 e. The zero-order valence-corrected chi connectivity index (χ0v) is 15.7. The van der Waals surface area contributed by atoms with Crippen molar-refractivity contribution in [1.82, 2.24) is 0 Å². The molecule has 0 heterocycles. The van der Waals surface area contributed by atoms with Crippen molar-refractivity contribution >= 4 is 43.6 Å². The van der Waals surface area contributed by atoms with Gasteiger partial charge in [-0.25, -0.2) is 22.4 Å². The number of anilines is 1. The monoisotopic (exact) mass is 445 g/mol. The maximum absolute atomic E-state index is 13.4. The Labute approximate surface area is 157 Å². The molecule has 0 aliphatic carbocycles. The van der Waals surface area contributed by atoms with Gasteiger partial charge in [-0.3, -0.25) is 4.72 Å². The van der Waals surface area contributed by atoms with Crippen molar-refractivity contribution in [1.29, 1.82) is 0 Å². The molecule has 0 unspecified atom stereocenters. The Morgan fingerprint density at radius 2 is 1.92 bits per heavy atom. The third-order valence-corrected chi connectivity index (χ3v) is 5.54. The lowest BCUT2D eigenvalue weighted by molar-refractivity contribution is 0.0525. The molecule has 2 N–H and O–H groups in total. The van der Waals surface area contributed by atoms with Crippen molar-refractivity contribution in [3.63, 3.8) is 0 Å². The van der Waals surface area contributed by atoms with E-state index in [1.165, 1.54) is 18.2 Å². The molecule has 2 aromatic rings. The summed E-state index contributed by atoms with van der Waals surface area (Å²) in [5, 5.41) is 8.91. The second-order valence-corrected chi connectivity index (χ2v) is 7.48. The van der Waals surface area contributed by atoms with Gasteiger partial charge in [0, 0.05) is 10.2 Å². The van der Waals surface area contributed by atoms with Crippen molar-refractivity contribution in [2.24, 2.45) is 0 Å². The van der Waals surface area contributed by atoms with Crippen LogP contribution < -0.4 is 4.72 Å². The first-order valence-electron chi connectivity index (χ1n) is 7.18. The van der Waals surface area contributed by atoms with E-state index >= 15 is 0 Å². The van der Waals surface area contributed by atoms with Crippen LogP contribution in [-0.4, -0.2) is 32.1 Å². The molecule has 2 aromatic carbocycles. The van der Waals surface area contributed by atoms with Gasteiger partial charge in [0.15, 0.2) is 0 Å². The molecule has 0 aliphatic heterocycles. The van der Waals surface area contributed by atoms with Crippen LogP contribution in [0.3, 0.4) is 0 Å². The van der Waals surface area contributed by atoms with Gasteiger partial charge in [0.05, 0.1) is 17.7 Å². The molecular weight excluding hydrogens is 433 g/mol. The number of nitrogens with one attached hydrogen (secondary N) is 1. The fraction of sp³-hybridized carbons (Fsp3) is 0.125. The predicted molar refractivity (Wildman–Crippen MR) is 94.3 cm³/mol. The minimum absolute atomic E-state index is 0.108. The van der Waals surface area contributed by atoms with Crippen molar-refractivity contribution in [3.05, 3.63) is 57.8 Å². The third kappa shape index (κ3) is 4.38. The van der Waals surface area contributed by atoms with E-state index in [1.54, 1.807) is 6.92 Å². The van der Waals surface area contributed by atoms with Gasteiger partial charge in [0.2, 0.25) is 0 Å². The highest BCUT2D eigenvalue weighted by Gasteiger charge is 2.21. The first-order chi connectivity index (χ1) is 12.2. The quantitative estimate of drug-likeness (QED) is 0.660. The van der Waals surface area contributed by atoms with E-state index in [2.05, 4.69) is 20.7 Å². The zero-order valence-electron chi connectivity index (χ0n) is 13.3. The van der Waals surface area contributed by atoms with E-state index in [9.17, 15) is 22.4 Å². The lowest BCUT2D eigenvalue weighted by atomic mass is 10.2. The van der Waals surface area contributed by atoms with Crippen LogP contribution in [0, 0.1) is 5.82 Å². The average Bonchev–Trinajstić information content (AvgIpc) is 2.56. The highest BCUT2D eigenvalue weighted by atomic mass is 79.9. The van der Waals surface area contributed by atoms with Crippen LogP contribution in [0.25, 0.3) is 0 Å². The molecule has 10 heteroatoms. The number of hydrogen-bond acceptors (Lipinski definition) is 5. The Morgan fingerprint density at radius 1 is 1.23 bits per heavy atom. The van der Waals surface area contributed by atoms with Gasteiger partial charge in [-0.15, -0.1) is 0 Å². The maximum atomic E-state index is 13.4. The van der Waals surface area contributed by atoms with E-state index in [1.807, 2.05) is 0 Å². The van der Waals surface area contributed by atoms with Crippen LogP contribution in [0.15, 0.2) is 45.8 Å². The van der Waals surface area contributed by atoms with Crippen LogP contribution in [0.5, 0.6) is 0 Å². The number of carboxylic acid groups (broad SMARTS) is 1. The molecule has 0 aromatic heterocycles. The second kappa shape index (κ2) is 7.83. The number of sulfonamides is 1. The van der Waals surface area contributed by atoms with Gasteiger partial charge in [0.25, 0.3) is 10.0 Å². The Kier molecular flexibility index (Phi) is 5.98. The molecule has 7 nitrogen and oxygen atoms in total. The summed E-state index contributed by atoms with van der Waals surface area (Å²) in [6.07, 6.45) is 0. The molecule has 26 heavy (non-hydrogen) atoms. The zero-order chi connectivity index (χ0) is 19.5. The number of carbonyl (C=O) groups is 2. The Morgan fingerprint density at radius 3 is 2.50 bits per heavy atom. The van der Waals surface area contributed by atoms with E-state index in [0.717, 1.165) is 18.2 Å². The molecule has 2 rings (SSSR count). The molecule has 0 saturated carbocycles. The smallest absolute Gasteiger partial charge is 0.338 e. The van der Waals surface area contributed by atoms with Gasteiger partial charge in [0.1, 0.15) is 10.7 Å². The van der Waals surface area contributed by atoms with Crippen LogP contribution in [-0.2, 0) is 14.8 Å². The summed E-state index contributed by atoms with van der Waals surface area (Å²) in [5.74, 6) is -3.11. The minimum atomic E-state index is -4.12. The summed E-state index contributed by atoms with van der Waals surface area (Å²) in [7, 11) is -4.12. The molecule has 0 saturated heterocycles. The minimum Gasteiger partial charge on any atom is -0.478 e. The van der Waals surface area contributed by atoms with Crippen molar-refractivity contribution < 1.29 is 32.2 Å². The summed E-state index contributed by atoms with van der Waals surface area (Å²) in [6, 6.07) is 6.58. The average molecular weight is 446 g/mol. The number of carbonyl (C=O) groups excluding carboxylic acids is 1. The van der Waals surface area contributed by atoms with Crippen molar-refractivity contribution in [3.8, 4) is 0 Å². The lowest BCUT2D eigenvalue weighted by Crippen LogP contribution is -2.15. The largest absolute Gasteiger partial charge is 0.478 e. The predicted octanol–water partition coefficient (Wildman–Crippen LogP) is 3.26. The lowest BCUT2D eigenvalue weighted by Gasteiger charge is -2.11. The number of halogens is 2. The van der Waals surface area contributed by atoms with Crippen LogP contribution in [0.4, 0.5) is 10.1 Å². The molecule has 138 valence electrons.